The van der Waals surface area contributed by atoms with E-state index in [1.807, 2.05) is 24.3 Å². The Balaban J connectivity index is 1.47. The SMILES string of the molecule is CCC1(CC)C[C@H](NC(=O)[C@@H]2CN(S(=O)(=O)c3ccccc3)c3cc(Cl)ccc3O2)c2ccccc2O1. The highest BCUT2D eigenvalue weighted by Gasteiger charge is 2.42. The number of hydrogen-bond donors (Lipinski definition) is 1. The van der Waals surface area contributed by atoms with E-state index in [2.05, 4.69) is 19.2 Å². The van der Waals surface area contributed by atoms with Crippen molar-refractivity contribution in [3.05, 3.63) is 83.4 Å². The highest BCUT2D eigenvalue weighted by atomic mass is 35.5. The quantitative estimate of drug-likeness (QED) is 0.446. The Morgan fingerprint density at radius 3 is 2.46 bits per heavy atom. The van der Waals surface area contributed by atoms with E-state index in [1.165, 1.54) is 22.5 Å². The van der Waals surface area contributed by atoms with Crippen LogP contribution in [0.2, 0.25) is 5.02 Å². The summed E-state index contributed by atoms with van der Waals surface area (Å²) in [5.74, 6) is 0.636. The van der Waals surface area contributed by atoms with Crippen LogP contribution in [-0.2, 0) is 14.8 Å². The first-order chi connectivity index (χ1) is 17.8. The average Bonchev–Trinajstić information content (AvgIpc) is 2.92. The molecule has 1 N–H and O–H groups in total. The Morgan fingerprint density at radius 1 is 1.03 bits per heavy atom. The van der Waals surface area contributed by atoms with Crippen molar-refractivity contribution < 1.29 is 22.7 Å². The summed E-state index contributed by atoms with van der Waals surface area (Å²) >= 11 is 6.20. The van der Waals surface area contributed by atoms with Crippen LogP contribution in [0.1, 0.15) is 44.7 Å². The number of benzene rings is 3. The average molecular weight is 541 g/mol. The van der Waals surface area contributed by atoms with E-state index in [1.54, 1.807) is 30.3 Å². The molecule has 0 bridgehead atoms. The summed E-state index contributed by atoms with van der Waals surface area (Å²) in [4.78, 5) is 13.7. The summed E-state index contributed by atoms with van der Waals surface area (Å²) < 4.78 is 40.9. The Labute approximate surface area is 222 Å². The van der Waals surface area contributed by atoms with Crippen LogP contribution in [0.25, 0.3) is 0 Å². The lowest BCUT2D eigenvalue weighted by atomic mass is 9.83. The molecule has 1 amide bonds. The zero-order chi connectivity index (χ0) is 26.2. The van der Waals surface area contributed by atoms with E-state index in [0.29, 0.717) is 17.1 Å². The van der Waals surface area contributed by atoms with Crippen molar-refractivity contribution in [2.24, 2.45) is 0 Å². The molecular formula is C28H29ClN2O5S. The van der Waals surface area contributed by atoms with Gasteiger partial charge in [-0.25, -0.2) is 8.42 Å². The molecule has 0 spiro atoms. The number of hydrogen-bond acceptors (Lipinski definition) is 5. The van der Waals surface area contributed by atoms with Gasteiger partial charge in [0.15, 0.2) is 6.10 Å². The lowest BCUT2D eigenvalue weighted by molar-refractivity contribution is -0.129. The molecule has 0 unspecified atom stereocenters. The molecule has 2 aliphatic rings. The molecule has 0 saturated carbocycles. The maximum Gasteiger partial charge on any atom is 0.264 e. The zero-order valence-corrected chi connectivity index (χ0v) is 22.3. The maximum absolute atomic E-state index is 13.6. The summed E-state index contributed by atoms with van der Waals surface area (Å²) in [6, 6.07) is 20.2. The third-order valence-electron chi connectivity index (χ3n) is 7.22. The van der Waals surface area contributed by atoms with Gasteiger partial charge in [0, 0.05) is 17.0 Å². The second-order valence-electron chi connectivity index (χ2n) is 9.36. The monoisotopic (exact) mass is 540 g/mol. The molecule has 0 radical (unpaired) electrons. The molecule has 194 valence electrons. The first-order valence-corrected chi connectivity index (χ1v) is 14.2. The topological polar surface area (TPSA) is 84.9 Å². The number of rotatable bonds is 6. The standard InChI is InChI=1S/C28H29ClN2O5S/c1-3-28(4-2)17-22(21-12-8-9-13-24(21)36-28)30-27(32)26-18-31(23-16-19(29)14-15-25(23)35-26)37(33,34)20-10-6-5-7-11-20/h5-16,22,26H,3-4,17-18H2,1-2H3,(H,30,32)/t22-,26-/m0/s1. The third kappa shape index (κ3) is 4.76. The number of carbonyl (C=O) groups excluding carboxylic acids is 1. The molecule has 5 rings (SSSR count). The number of anilines is 1. The van der Waals surface area contributed by atoms with Crippen LogP contribution in [0, 0.1) is 0 Å². The van der Waals surface area contributed by atoms with Gasteiger partial charge in [-0.1, -0.05) is 61.8 Å². The number of carbonyl (C=O) groups is 1. The summed E-state index contributed by atoms with van der Waals surface area (Å²) in [7, 11) is -3.97. The highest BCUT2D eigenvalue weighted by Crippen LogP contribution is 2.43. The molecule has 7 nitrogen and oxygen atoms in total. The van der Waals surface area contributed by atoms with Crippen LogP contribution in [0.4, 0.5) is 5.69 Å². The van der Waals surface area contributed by atoms with Crippen molar-refractivity contribution in [3.63, 3.8) is 0 Å². The lowest BCUT2D eigenvalue weighted by Gasteiger charge is -2.42. The van der Waals surface area contributed by atoms with Crippen molar-refractivity contribution in [2.75, 3.05) is 10.8 Å². The number of nitrogens with zero attached hydrogens (tertiary/aromatic N) is 1. The van der Waals surface area contributed by atoms with Crippen LogP contribution in [0.5, 0.6) is 11.5 Å². The predicted molar refractivity (Wildman–Crippen MR) is 143 cm³/mol. The number of amides is 1. The van der Waals surface area contributed by atoms with Gasteiger partial charge in [-0.2, -0.15) is 0 Å². The van der Waals surface area contributed by atoms with Crippen molar-refractivity contribution in [1.82, 2.24) is 5.32 Å². The Bertz CT molecular complexity index is 1410. The van der Waals surface area contributed by atoms with E-state index in [0.717, 1.165) is 24.2 Å². The van der Waals surface area contributed by atoms with Gasteiger partial charge < -0.3 is 14.8 Å². The molecule has 2 heterocycles. The minimum atomic E-state index is -3.97. The summed E-state index contributed by atoms with van der Waals surface area (Å²) in [5.41, 5.74) is 0.795. The van der Waals surface area contributed by atoms with Gasteiger partial charge in [0.2, 0.25) is 0 Å². The van der Waals surface area contributed by atoms with E-state index in [4.69, 9.17) is 21.1 Å². The van der Waals surface area contributed by atoms with Crippen molar-refractivity contribution in [1.29, 1.82) is 0 Å². The van der Waals surface area contributed by atoms with Gasteiger partial charge in [0.25, 0.3) is 15.9 Å². The fourth-order valence-electron chi connectivity index (χ4n) is 5.00. The van der Waals surface area contributed by atoms with Gasteiger partial charge in [-0.15, -0.1) is 0 Å². The predicted octanol–water partition coefficient (Wildman–Crippen LogP) is 5.50. The highest BCUT2D eigenvalue weighted by molar-refractivity contribution is 7.92. The zero-order valence-electron chi connectivity index (χ0n) is 20.7. The summed E-state index contributed by atoms with van der Waals surface area (Å²) in [5, 5.41) is 3.50. The fourth-order valence-corrected chi connectivity index (χ4v) is 6.66. The summed E-state index contributed by atoms with van der Waals surface area (Å²) in [6.45, 7) is 3.97. The van der Waals surface area contributed by atoms with Crippen LogP contribution < -0.4 is 19.1 Å². The molecule has 0 fully saturated rings. The van der Waals surface area contributed by atoms with Gasteiger partial charge in [-0.3, -0.25) is 9.10 Å². The number of sulfonamides is 1. The molecule has 3 aromatic rings. The van der Waals surface area contributed by atoms with Crippen LogP contribution >= 0.6 is 11.6 Å². The molecule has 2 aliphatic heterocycles. The van der Waals surface area contributed by atoms with Crippen LogP contribution in [0.3, 0.4) is 0 Å². The number of nitrogens with one attached hydrogen (secondary N) is 1. The Morgan fingerprint density at radius 2 is 1.73 bits per heavy atom. The molecular weight excluding hydrogens is 512 g/mol. The van der Waals surface area contributed by atoms with E-state index < -0.39 is 27.6 Å². The molecule has 0 aliphatic carbocycles. The van der Waals surface area contributed by atoms with Crippen molar-refractivity contribution >= 4 is 33.2 Å². The van der Waals surface area contributed by atoms with Crippen LogP contribution in [0.15, 0.2) is 77.7 Å². The second-order valence-corrected chi connectivity index (χ2v) is 11.7. The number of fused-ring (bicyclic) bond motifs is 2. The number of ether oxygens (including phenoxy) is 2. The molecule has 37 heavy (non-hydrogen) atoms. The molecule has 2 atom stereocenters. The number of halogens is 1. The van der Waals surface area contributed by atoms with E-state index >= 15 is 0 Å². The second kappa shape index (κ2) is 9.91. The largest absolute Gasteiger partial charge is 0.487 e. The first kappa shape index (κ1) is 25.4. The van der Waals surface area contributed by atoms with E-state index in [9.17, 15) is 13.2 Å². The third-order valence-corrected chi connectivity index (χ3v) is 9.25. The molecule has 0 saturated heterocycles. The fraction of sp³-hybridized carbons (Fsp3) is 0.321. The summed E-state index contributed by atoms with van der Waals surface area (Å²) in [6.07, 6.45) is 1.14. The van der Waals surface area contributed by atoms with Gasteiger partial charge >= 0.3 is 0 Å². The minimum Gasteiger partial charge on any atom is -0.487 e. The van der Waals surface area contributed by atoms with Gasteiger partial charge in [0.05, 0.1) is 23.2 Å². The Hall–Kier alpha value is -3.23. The lowest BCUT2D eigenvalue weighted by Crippen LogP contribution is -2.52. The van der Waals surface area contributed by atoms with Crippen molar-refractivity contribution in [2.45, 2.75) is 55.8 Å². The Kier molecular flexibility index (Phi) is 6.81. The van der Waals surface area contributed by atoms with Crippen molar-refractivity contribution in [3.8, 4) is 11.5 Å². The van der Waals surface area contributed by atoms with Crippen LogP contribution in [-0.4, -0.2) is 32.6 Å². The van der Waals surface area contributed by atoms with Gasteiger partial charge in [-0.05, 0) is 49.2 Å². The van der Waals surface area contributed by atoms with Gasteiger partial charge in [0.1, 0.15) is 17.1 Å². The normalized spacial score (nSPS) is 20.1. The smallest absolute Gasteiger partial charge is 0.264 e. The minimum absolute atomic E-state index is 0.121. The molecule has 3 aromatic carbocycles. The maximum atomic E-state index is 13.6. The molecule has 9 heteroatoms. The number of para-hydroxylation sites is 1. The molecule has 0 aromatic heterocycles. The first-order valence-electron chi connectivity index (χ1n) is 12.4. The van der Waals surface area contributed by atoms with E-state index in [-0.39, 0.29) is 23.2 Å².